The molecule has 112 valence electrons. The van der Waals surface area contributed by atoms with Crippen LogP contribution in [-0.2, 0) is 6.54 Å². The van der Waals surface area contributed by atoms with Crippen LogP contribution in [0.4, 0.5) is 4.39 Å². The molecule has 0 saturated carbocycles. The second kappa shape index (κ2) is 6.72. The smallest absolute Gasteiger partial charge is 0.123 e. The van der Waals surface area contributed by atoms with Gasteiger partial charge >= 0.3 is 0 Å². The van der Waals surface area contributed by atoms with Gasteiger partial charge in [-0.15, -0.1) is 0 Å². The van der Waals surface area contributed by atoms with Gasteiger partial charge in [0.25, 0.3) is 0 Å². The summed E-state index contributed by atoms with van der Waals surface area (Å²) < 4.78 is 18.9. The lowest BCUT2D eigenvalue weighted by Gasteiger charge is -2.14. The van der Waals surface area contributed by atoms with Gasteiger partial charge in [0.2, 0.25) is 0 Å². The van der Waals surface area contributed by atoms with E-state index in [9.17, 15) is 4.39 Å². The third kappa shape index (κ3) is 3.42. The Hall–Kier alpha value is -1.87. The van der Waals surface area contributed by atoms with E-state index >= 15 is 0 Å². The third-order valence-electron chi connectivity index (χ3n) is 3.63. The number of rotatable bonds is 5. The summed E-state index contributed by atoms with van der Waals surface area (Å²) in [6.45, 7) is 7.62. The first-order chi connectivity index (χ1) is 10.1. The first-order valence-electron chi connectivity index (χ1n) is 7.21. The van der Waals surface area contributed by atoms with Crippen LogP contribution in [0.1, 0.15) is 23.6 Å². The maximum atomic E-state index is 13.5. The average molecular weight is 287 g/mol. The molecule has 2 nitrogen and oxygen atoms in total. The van der Waals surface area contributed by atoms with E-state index in [1.807, 2.05) is 26.0 Å². The molecule has 0 aromatic heterocycles. The van der Waals surface area contributed by atoms with Crippen LogP contribution in [0.3, 0.4) is 0 Å². The molecule has 0 amide bonds. The summed E-state index contributed by atoms with van der Waals surface area (Å²) in [5, 5.41) is 3.32. The Labute approximate surface area is 126 Å². The Kier molecular flexibility index (Phi) is 4.97. The molecule has 3 heteroatoms. The first kappa shape index (κ1) is 15.5. The van der Waals surface area contributed by atoms with Crippen LogP contribution in [0.5, 0.6) is 5.75 Å². The second-order valence-electron chi connectivity index (χ2n) is 5.22. The van der Waals surface area contributed by atoms with Crippen molar-refractivity contribution in [1.82, 2.24) is 5.32 Å². The topological polar surface area (TPSA) is 21.3 Å². The number of aryl methyl sites for hydroxylation is 2. The average Bonchev–Trinajstić information content (AvgIpc) is 2.44. The summed E-state index contributed by atoms with van der Waals surface area (Å²) >= 11 is 0. The normalized spacial score (nSPS) is 10.7. The molecular weight excluding hydrogens is 265 g/mol. The minimum atomic E-state index is -0.185. The lowest BCUT2D eigenvalue weighted by molar-refractivity contribution is 0.408. The fourth-order valence-corrected chi connectivity index (χ4v) is 2.70. The summed E-state index contributed by atoms with van der Waals surface area (Å²) in [6, 6.07) is 9.29. The molecule has 0 spiro atoms. The number of benzene rings is 2. The SMILES string of the molecule is CCNCc1cc(-c2c(C)cc(F)cc2C)ccc1OC. The highest BCUT2D eigenvalue weighted by molar-refractivity contribution is 5.72. The summed E-state index contributed by atoms with van der Waals surface area (Å²) in [5.74, 6) is 0.687. The Balaban J connectivity index is 2.50. The van der Waals surface area contributed by atoms with Crippen LogP contribution in [0.2, 0.25) is 0 Å². The molecule has 0 radical (unpaired) electrons. The zero-order valence-corrected chi connectivity index (χ0v) is 13.1. The zero-order chi connectivity index (χ0) is 15.4. The molecule has 0 aliphatic carbocycles. The van der Waals surface area contributed by atoms with E-state index in [1.54, 1.807) is 19.2 Å². The molecular formula is C18H22FNO. The summed E-state index contributed by atoms with van der Waals surface area (Å²) in [5.41, 5.74) is 5.20. The summed E-state index contributed by atoms with van der Waals surface area (Å²) in [4.78, 5) is 0. The van der Waals surface area contributed by atoms with Gasteiger partial charge in [-0.3, -0.25) is 0 Å². The minimum Gasteiger partial charge on any atom is -0.496 e. The summed E-state index contributed by atoms with van der Waals surface area (Å²) in [7, 11) is 1.68. The van der Waals surface area contributed by atoms with Crippen LogP contribution < -0.4 is 10.1 Å². The van der Waals surface area contributed by atoms with Gasteiger partial charge in [-0.1, -0.05) is 13.0 Å². The summed E-state index contributed by atoms with van der Waals surface area (Å²) in [6.07, 6.45) is 0. The van der Waals surface area contributed by atoms with Gasteiger partial charge in [0.15, 0.2) is 0 Å². The van der Waals surface area contributed by atoms with Crippen molar-refractivity contribution in [3.63, 3.8) is 0 Å². The van der Waals surface area contributed by atoms with E-state index < -0.39 is 0 Å². The van der Waals surface area contributed by atoms with Gasteiger partial charge < -0.3 is 10.1 Å². The van der Waals surface area contributed by atoms with Crippen LogP contribution in [0, 0.1) is 19.7 Å². The van der Waals surface area contributed by atoms with Gasteiger partial charge in [-0.05, 0) is 66.9 Å². The van der Waals surface area contributed by atoms with Gasteiger partial charge in [-0.25, -0.2) is 4.39 Å². The van der Waals surface area contributed by atoms with E-state index in [-0.39, 0.29) is 5.82 Å². The number of hydrogen-bond donors (Lipinski definition) is 1. The van der Waals surface area contributed by atoms with Crippen molar-refractivity contribution in [2.75, 3.05) is 13.7 Å². The fraction of sp³-hybridized carbons (Fsp3) is 0.333. The highest BCUT2D eigenvalue weighted by Crippen LogP contribution is 2.31. The monoisotopic (exact) mass is 287 g/mol. The van der Waals surface area contributed by atoms with Gasteiger partial charge in [0.05, 0.1) is 7.11 Å². The number of halogens is 1. The van der Waals surface area contributed by atoms with Crippen molar-refractivity contribution in [2.24, 2.45) is 0 Å². The largest absolute Gasteiger partial charge is 0.496 e. The number of hydrogen-bond acceptors (Lipinski definition) is 2. The standard InChI is InChI=1S/C18H22FNO/c1-5-20-11-15-10-14(6-7-17(15)21-4)18-12(2)8-16(19)9-13(18)3/h6-10,20H,5,11H2,1-4H3. The predicted molar refractivity (Wildman–Crippen MR) is 85.2 cm³/mol. The fourth-order valence-electron chi connectivity index (χ4n) is 2.70. The molecule has 0 saturated heterocycles. The van der Waals surface area contributed by atoms with Gasteiger partial charge in [0, 0.05) is 12.1 Å². The van der Waals surface area contributed by atoms with Crippen molar-refractivity contribution in [2.45, 2.75) is 27.3 Å². The van der Waals surface area contributed by atoms with E-state index in [0.717, 1.165) is 46.7 Å². The van der Waals surface area contributed by atoms with E-state index in [0.29, 0.717) is 0 Å². The van der Waals surface area contributed by atoms with E-state index in [1.165, 1.54) is 0 Å². The van der Waals surface area contributed by atoms with Crippen molar-refractivity contribution in [3.8, 4) is 16.9 Å². The van der Waals surface area contributed by atoms with Crippen LogP contribution in [-0.4, -0.2) is 13.7 Å². The zero-order valence-electron chi connectivity index (χ0n) is 13.1. The molecule has 1 N–H and O–H groups in total. The predicted octanol–water partition coefficient (Wildman–Crippen LogP) is 4.23. The lowest BCUT2D eigenvalue weighted by atomic mass is 9.94. The van der Waals surface area contributed by atoms with Gasteiger partial charge in [0.1, 0.15) is 11.6 Å². The second-order valence-corrected chi connectivity index (χ2v) is 5.22. The van der Waals surface area contributed by atoms with Crippen molar-refractivity contribution >= 4 is 0 Å². The maximum Gasteiger partial charge on any atom is 0.123 e. The molecule has 0 heterocycles. The molecule has 0 bridgehead atoms. The molecule has 2 rings (SSSR count). The van der Waals surface area contributed by atoms with E-state index in [2.05, 4.69) is 18.3 Å². The highest BCUT2D eigenvalue weighted by Gasteiger charge is 2.11. The number of methoxy groups -OCH3 is 1. The van der Waals surface area contributed by atoms with Crippen LogP contribution in [0.15, 0.2) is 30.3 Å². The first-order valence-corrected chi connectivity index (χ1v) is 7.21. The van der Waals surface area contributed by atoms with Crippen LogP contribution >= 0.6 is 0 Å². The van der Waals surface area contributed by atoms with Crippen molar-refractivity contribution < 1.29 is 9.13 Å². The quantitative estimate of drug-likeness (QED) is 0.888. The van der Waals surface area contributed by atoms with Crippen molar-refractivity contribution in [3.05, 3.63) is 52.8 Å². The molecule has 2 aromatic carbocycles. The molecule has 0 atom stereocenters. The number of ether oxygens (including phenoxy) is 1. The van der Waals surface area contributed by atoms with Gasteiger partial charge in [-0.2, -0.15) is 0 Å². The molecule has 2 aromatic rings. The molecule has 21 heavy (non-hydrogen) atoms. The third-order valence-corrected chi connectivity index (χ3v) is 3.63. The van der Waals surface area contributed by atoms with E-state index in [4.69, 9.17) is 4.74 Å². The molecule has 0 aliphatic rings. The number of nitrogens with one attached hydrogen (secondary N) is 1. The Bertz CT molecular complexity index is 614. The Morgan fingerprint density at radius 1 is 1.10 bits per heavy atom. The molecule has 0 aliphatic heterocycles. The molecule has 0 fully saturated rings. The minimum absolute atomic E-state index is 0.185. The maximum absolute atomic E-state index is 13.5. The Morgan fingerprint density at radius 2 is 1.76 bits per heavy atom. The van der Waals surface area contributed by atoms with Crippen molar-refractivity contribution in [1.29, 1.82) is 0 Å². The highest BCUT2D eigenvalue weighted by atomic mass is 19.1. The molecule has 0 unspecified atom stereocenters. The van der Waals surface area contributed by atoms with Crippen LogP contribution in [0.25, 0.3) is 11.1 Å². The lowest BCUT2D eigenvalue weighted by Crippen LogP contribution is -2.12. The Morgan fingerprint density at radius 3 is 2.33 bits per heavy atom.